The standard InChI is InChI=1S/C20H19NO6S/c1-25-15-9-13(10-16(26-2)17(15)27-3)20(24,19(22)23)18-21-14(11-28-18)12-7-5-4-6-8-12/h4-11,24H,1-3H3,(H,22,23). The molecule has 0 aliphatic heterocycles. The van der Waals surface area contributed by atoms with Crippen LogP contribution in [0.4, 0.5) is 0 Å². The summed E-state index contributed by atoms with van der Waals surface area (Å²) < 4.78 is 15.8. The Morgan fingerprint density at radius 1 is 1.04 bits per heavy atom. The molecule has 1 unspecified atom stereocenters. The van der Waals surface area contributed by atoms with Crippen LogP contribution in [0.2, 0.25) is 0 Å². The predicted octanol–water partition coefficient (Wildman–Crippen LogP) is 3.16. The lowest BCUT2D eigenvalue weighted by molar-refractivity contribution is -0.155. The van der Waals surface area contributed by atoms with E-state index in [1.165, 1.54) is 33.5 Å². The highest BCUT2D eigenvalue weighted by atomic mass is 32.1. The number of carboxylic acid groups (broad SMARTS) is 1. The second-order valence-electron chi connectivity index (χ2n) is 5.83. The van der Waals surface area contributed by atoms with Gasteiger partial charge >= 0.3 is 5.97 Å². The minimum atomic E-state index is -2.38. The minimum absolute atomic E-state index is 0.0214. The molecule has 0 amide bonds. The van der Waals surface area contributed by atoms with Crippen LogP contribution >= 0.6 is 11.3 Å². The second kappa shape index (κ2) is 7.87. The van der Waals surface area contributed by atoms with Gasteiger partial charge in [0.15, 0.2) is 11.5 Å². The fourth-order valence-electron chi connectivity index (χ4n) is 2.81. The van der Waals surface area contributed by atoms with Gasteiger partial charge in [0.2, 0.25) is 11.4 Å². The second-order valence-corrected chi connectivity index (χ2v) is 6.69. The summed E-state index contributed by atoms with van der Waals surface area (Å²) in [5, 5.41) is 22.8. The van der Waals surface area contributed by atoms with Crippen molar-refractivity contribution >= 4 is 17.3 Å². The third-order valence-electron chi connectivity index (χ3n) is 4.28. The summed E-state index contributed by atoms with van der Waals surface area (Å²) in [5.41, 5.74) is -0.941. The number of benzene rings is 2. The molecule has 8 heteroatoms. The first-order valence-corrected chi connectivity index (χ1v) is 9.11. The first-order chi connectivity index (χ1) is 13.4. The molecular weight excluding hydrogens is 382 g/mol. The van der Waals surface area contributed by atoms with E-state index in [0.29, 0.717) is 11.4 Å². The zero-order chi connectivity index (χ0) is 20.3. The van der Waals surface area contributed by atoms with Crippen LogP contribution in [0, 0.1) is 0 Å². The minimum Gasteiger partial charge on any atom is -0.493 e. The number of hydrogen-bond donors (Lipinski definition) is 2. The number of hydrogen-bond acceptors (Lipinski definition) is 7. The van der Waals surface area contributed by atoms with Crippen molar-refractivity contribution in [2.45, 2.75) is 5.60 Å². The molecule has 0 spiro atoms. The fourth-order valence-corrected chi connectivity index (χ4v) is 3.75. The van der Waals surface area contributed by atoms with E-state index in [2.05, 4.69) is 4.98 Å². The molecule has 7 nitrogen and oxygen atoms in total. The summed E-state index contributed by atoms with van der Waals surface area (Å²) in [6, 6.07) is 12.1. The molecule has 0 radical (unpaired) electrons. The number of methoxy groups -OCH3 is 3. The average Bonchev–Trinajstić information content (AvgIpc) is 3.23. The van der Waals surface area contributed by atoms with Crippen molar-refractivity contribution in [2.24, 2.45) is 0 Å². The Balaban J connectivity index is 2.16. The number of aliphatic hydroxyl groups is 1. The SMILES string of the molecule is COc1cc(C(O)(C(=O)O)c2nc(-c3ccccc3)cs2)cc(OC)c1OC. The van der Waals surface area contributed by atoms with Crippen molar-refractivity contribution < 1.29 is 29.2 Å². The van der Waals surface area contributed by atoms with Crippen molar-refractivity contribution in [3.8, 4) is 28.5 Å². The van der Waals surface area contributed by atoms with E-state index in [9.17, 15) is 15.0 Å². The highest BCUT2D eigenvalue weighted by Gasteiger charge is 2.44. The Hall–Kier alpha value is -3.10. The Morgan fingerprint density at radius 2 is 1.64 bits per heavy atom. The Morgan fingerprint density at radius 3 is 2.14 bits per heavy atom. The number of carbonyl (C=O) groups is 1. The highest BCUT2D eigenvalue weighted by Crippen LogP contribution is 2.43. The predicted molar refractivity (Wildman–Crippen MR) is 104 cm³/mol. The third-order valence-corrected chi connectivity index (χ3v) is 5.23. The third kappa shape index (κ3) is 3.28. The van der Waals surface area contributed by atoms with E-state index in [1.807, 2.05) is 30.3 Å². The lowest BCUT2D eigenvalue weighted by atomic mass is 9.93. The largest absolute Gasteiger partial charge is 0.493 e. The van der Waals surface area contributed by atoms with Crippen LogP contribution in [0.5, 0.6) is 17.2 Å². The lowest BCUT2D eigenvalue weighted by Crippen LogP contribution is -2.36. The normalized spacial score (nSPS) is 12.9. The Kier molecular flexibility index (Phi) is 5.53. The topological polar surface area (TPSA) is 98.1 Å². The quantitative estimate of drug-likeness (QED) is 0.627. The summed E-state index contributed by atoms with van der Waals surface area (Å²) in [6.07, 6.45) is 0. The van der Waals surface area contributed by atoms with Gasteiger partial charge < -0.3 is 24.4 Å². The molecule has 1 atom stereocenters. The van der Waals surface area contributed by atoms with Gasteiger partial charge in [0, 0.05) is 16.5 Å². The molecule has 0 saturated carbocycles. The maximum atomic E-state index is 12.1. The van der Waals surface area contributed by atoms with Crippen LogP contribution in [0.3, 0.4) is 0 Å². The smallest absolute Gasteiger partial charge is 0.347 e. The summed E-state index contributed by atoms with van der Waals surface area (Å²) in [7, 11) is 4.27. The van der Waals surface area contributed by atoms with Crippen molar-refractivity contribution in [1.82, 2.24) is 4.98 Å². The van der Waals surface area contributed by atoms with Crippen molar-refractivity contribution in [3.63, 3.8) is 0 Å². The number of thiazole rings is 1. The monoisotopic (exact) mass is 401 g/mol. The van der Waals surface area contributed by atoms with Crippen LogP contribution in [0.1, 0.15) is 10.6 Å². The van der Waals surface area contributed by atoms with Gasteiger partial charge in [-0.05, 0) is 12.1 Å². The van der Waals surface area contributed by atoms with Crippen LogP contribution < -0.4 is 14.2 Å². The van der Waals surface area contributed by atoms with Gasteiger partial charge in [-0.3, -0.25) is 0 Å². The number of rotatable bonds is 7. The number of aromatic nitrogens is 1. The molecule has 2 aromatic carbocycles. The molecule has 0 aliphatic carbocycles. The maximum absolute atomic E-state index is 12.1. The average molecular weight is 401 g/mol. The molecule has 0 aliphatic rings. The molecule has 1 heterocycles. The van der Waals surface area contributed by atoms with Crippen LogP contribution in [-0.4, -0.2) is 42.5 Å². The molecular formula is C20H19NO6S. The zero-order valence-electron chi connectivity index (χ0n) is 15.5. The number of nitrogens with zero attached hydrogens (tertiary/aromatic N) is 1. The van der Waals surface area contributed by atoms with Crippen molar-refractivity contribution in [2.75, 3.05) is 21.3 Å². The molecule has 2 N–H and O–H groups in total. The molecule has 28 heavy (non-hydrogen) atoms. The summed E-state index contributed by atoms with van der Waals surface area (Å²) in [4.78, 5) is 16.5. The highest BCUT2D eigenvalue weighted by molar-refractivity contribution is 7.10. The molecule has 0 fully saturated rings. The van der Waals surface area contributed by atoms with Crippen LogP contribution in [-0.2, 0) is 10.4 Å². The van der Waals surface area contributed by atoms with Gasteiger partial charge in [-0.1, -0.05) is 30.3 Å². The molecule has 3 aromatic rings. The van der Waals surface area contributed by atoms with Gasteiger partial charge in [0.25, 0.3) is 0 Å². The van der Waals surface area contributed by atoms with Crippen LogP contribution in [0.25, 0.3) is 11.3 Å². The Bertz CT molecular complexity index is 962. The molecule has 146 valence electrons. The number of aliphatic carboxylic acids is 1. The van der Waals surface area contributed by atoms with Crippen LogP contribution in [0.15, 0.2) is 47.8 Å². The van der Waals surface area contributed by atoms with Gasteiger partial charge in [0.05, 0.1) is 27.0 Å². The van der Waals surface area contributed by atoms with E-state index >= 15 is 0 Å². The van der Waals surface area contributed by atoms with Gasteiger partial charge in [0.1, 0.15) is 5.01 Å². The number of carboxylic acids is 1. The first-order valence-electron chi connectivity index (χ1n) is 8.23. The zero-order valence-corrected chi connectivity index (χ0v) is 16.3. The number of ether oxygens (including phenoxy) is 3. The lowest BCUT2D eigenvalue weighted by Gasteiger charge is -2.23. The van der Waals surface area contributed by atoms with Gasteiger partial charge in [-0.25, -0.2) is 9.78 Å². The molecule has 0 bridgehead atoms. The Labute approximate surface area is 165 Å². The first kappa shape index (κ1) is 19.7. The maximum Gasteiger partial charge on any atom is 0.347 e. The fraction of sp³-hybridized carbons (Fsp3) is 0.200. The van der Waals surface area contributed by atoms with Gasteiger partial charge in [-0.15, -0.1) is 11.3 Å². The van der Waals surface area contributed by atoms with E-state index < -0.39 is 11.6 Å². The molecule has 0 saturated heterocycles. The summed E-state index contributed by atoms with van der Waals surface area (Å²) in [5.74, 6) is -0.700. The van der Waals surface area contributed by atoms with E-state index in [0.717, 1.165) is 16.9 Å². The van der Waals surface area contributed by atoms with Crippen molar-refractivity contribution in [1.29, 1.82) is 0 Å². The molecule has 1 aromatic heterocycles. The van der Waals surface area contributed by atoms with Crippen molar-refractivity contribution in [3.05, 3.63) is 58.4 Å². The van der Waals surface area contributed by atoms with E-state index in [1.54, 1.807) is 5.38 Å². The molecule has 3 rings (SSSR count). The van der Waals surface area contributed by atoms with Gasteiger partial charge in [-0.2, -0.15) is 0 Å². The van der Waals surface area contributed by atoms with E-state index in [-0.39, 0.29) is 22.1 Å². The van der Waals surface area contributed by atoms with E-state index in [4.69, 9.17) is 14.2 Å². The summed E-state index contributed by atoms with van der Waals surface area (Å²) >= 11 is 1.06. The summed E-state index contributed by atoms with van der Waals surface area (Å²) in [6.45, 7) is 0.